The molecule has 1 amide bonds. The molecule has 0 radical (unpaired) electrons. The maximum Gasteiger partial charge on any atom is 0.305 e. The van der Waals surface area contributed by atoms with Crippen molar-refractivity contribution >= 4 is 23.5 Å². The number of hydrogen-bond donors (Lipinski definition) is 2. The van der Waals surface area contributed by atoms with Gasteiger partial charge in [-0.2, -0.15) is 0 Å². The van der Waals surface area contributed by atoms with Crippen LogP contribution in [0.15, 0.2) is 24.3 Å². The van der Waals surface area contributed by atoms with Gasteiger partial charge in [-0.3, -0.25) is 9.59 Å². The van der Waals surface area contributed by atoms with Crippen LogP contribution in [0.2, 0.25) is 5.02 Å². The van der Waals surface area contributed by atoms with Gasteiger partial charge in [0.05, 0.1) is 19.1 Å². The Kier molecular flexibility index (Phi) is 6.48. The van der Waals surface area contributed by atoms with Crippen LogP contribution in [-0.2, 0) is 4.79 Å². The second-order valence-corrected chi connectivity index (χ2v) is 4.83. The number of aliphatic carboxylic acids is 1. The number of carbonyl (C=O) groups excluding carboxylic acids is 1. The van der Waals surface area contributed by atoms with Crippen LogP contribution in [-0.4, -0.2) is 46.2 Å². The van der Waals surface area contributed by atoms with Crippen LogP contribution >= 0.6 is 11.6 Å². The number of benzene rings is 1. The number of halogens is 1. The minimum Gasteiger partial charge on any atom is -0.481 e. The molecule has 0 saturated heterocycles. The molecule has 0 bridgehead atoms. The fourth-order valence-electron chi connectivity index (χ4n) is 1.87. The number of hydrogen-bond acceptors (Lipinski definition) is 3. The lowest BCUT2D eigenvalue weighted by atomic mass is 10.1. The summed E-state index contributed by atoms with van der Waals surface area (Å²) in [6.07, 6.45) is 0.394. The van der Waals surface area contributed by atoms with Gasteiger partial charge in [0.25, 0.3) is 5.91 Å². The number of carboxylic acid groups (broad SMARTS) is 1. The molecule has 1 rings (SSSR count). The maximum atomic E-state index is 12.4. The van der Waals surface area contributed by atoms with Gasteiger partial charge in [-0.05, 0) is 30.7 Å². The third kappa shape index (κ3) is 4.51. The van der Waals surface area contributed by atoms with E-state index in [4.69, 9.17) is 16.7 Å². The molecule has 5 nitrogen and oxygen atoms in total. The molecule has 0 heterocycles. The average molecular weight is 300 g/mol. The van der Waals surface area contributed by atoms with Gasteiger partial charge in [0.15, 0.2) is 0 Å². The first-order chi connectivity index (χ1) is 9.49. The van der Waals surface area contributed by atoms with Gasteiger partial charge < -0.3 is 15.1 Å². The number of amides is 1. The summed E-state index contributed by atoms with van der Waals surface area (Å²) in [7, 11) is 0. The van der Waals surface area contributed by atoms with Crippen LogP contribution in [0.3, 0.4) is 0 Å². The van der Waals surface area contributed by atoms with E-state index >= 15 is 0 Å². The number of aliphatic hydroxyl groups is 1. The van der Waals surface area contributed by atoms with Gasteiger partial charge in [0.2, 0.25) is 0 Å². The van der Waals surface area contributed by atoms with Crippen molar-refractivity contribution in [1.29, 1.82) is 0 Å². The molecule has 1 aromatic rings. The van der Waals surface area contributed by atoms with E-state index < -0.39 is 12.0 Å². The molecule has 0 fully saturated rings. The molecule has 6 heteroatoms. The molecule has 0 saturated carbocycles. The van der Waals surface area contributed by atoms with E-state index in [2.05, 4.69) is 0 Å². The third-order valence-corrected chi connectivity index (χ3v) is 3.29. The van der Waals surface area contributed by atoms with Gasteiger partial charge in [0, 0.05) is 17.1 Å². The molecule has 0 aromatic heterocycles. The highest BCUT2D eigenvalue weighted by atomic mass is 35.5. The van der Waals surface area contributed by atoms with Crippen molar-refractivity contribution in [2.75, 3.05) is 13.2 Å². The number of aliphatic hydroxyl groups excluding tert-OH is 1. The van der Waals surface area contributed by atoms with Gasteiger partial charge in [-0.25, -0.2) is 0 Å². The molecule has 0 aliphatic heterocycles. The van der Waals surface area contributed by atoms with Gasteiger partial charge in [-0.15, -0.1) is 0 Å². The highest BCUT2D eigenvalue weighted by Crippen LogP contribution is 2.15. The summed E-state index contributed by atoms with van der Waals surface area (Å²) in [6, 6.07) is 5.98. The minimum absolute atomic E-state index is 0.0653. The van der Waals surface area contributed by atoms with Crippen LogP contribution < -0.4 is 0 Å². The molecule has 1 atom stereocenters. The Morgan fingerprint density at radius 1 is 1.30 bits per heavy atom. The van der Waals surface area contributed by atoms with Crippen molar-refractivity contribution < 1.29 is 19.8 Å². The summed E-state index contributed by atoms with van der Waals surface area (Å²) in [6.45, 7) is 1.70. The molecule has 2 N–H and O–H groups in total. The number of carboxylic acids is 1. The predicted octanol–water partition coefficient (Wildman–Crippen LogP) is 2.03. The highest BCUT2D eigenvalue weighted by Gasteiger charge is 2.23. The van der Waals surface area contributed by atoms with Crippen molar-refractivity contribution in [2.45, 2.75) is 25.8 Å². The largest absolute Gasteiger partial charge is 0.481 e. The van der Waals surface area contributed by atoms with Crippen LogP contribution in [0.5, 0.6) is 0 Å². The normalized spacial score (nSPS) is 11.9. The number of nitrogens with zero attached hydrogens (tertiary/aromatic N) is 1. The molecular weight excluding hydrogens is 282 g/mol. The van der Waals surface area contributed by atoms with Crippen LogP contribution in [0.25, 0.3) is 0 Å². The first-order valence-corrected chi connectivity index (χ1v) is 6.76. The Balaban J connectivity index is 2.93. The Hall–Kier alpha value is -1.59. The van der Waals surface area contributed by atoms with Gasteiger partial charge in [0.1, 0.15) is 0 Å². The smallest absolute Gasteiger partial charge is 0.305 e. The molecule has 0 aliphatic carbocycles. The van der Waals surface area contributed by atoms with E-state index in [-0.39, 0.29) is 25.5 Å². The topological polar surface area (TPSA) is 77.8 Å². The van der Waals surface area contributed by atoms with Gasteiger partial charge >= 0.3 is 5.97 Å². The highest BCUT2D eigenvalue weighted by molar-refractivity contribution is 6.30. The Bertz CT molecular complexity index is 457. The Morgan fingerprint density at radius 3 is 2.35 bits per heavy atom. The monoisotopic (exact) mass is 299 g/mol. The zero-order valence-electron chi connectivity index (χ0n) is 11.3. The van der Waals surface area contributed by atoms with Crippen LogP contribution in [0, 0.1) is 0 Å². The third-order valence-electron chi connectivity index (χ3n) is 3.04. The molecule has 0 aliphatic rings. The molecular formula is C14H18ClNO4. The fourth-order valence-corrected chi connectivity index (χ4v) is 2.00. The van der Waals surface area contributed by atoms with Crippen molar-refractivity contribution in [3.63, 3.8) is 0 Å². The lowest BCUT2D eigenvalue weighted by Crippen LogP contribution is -2.43. The van der Waals surface area contributed by atoms with Crippen molar-refractivity contribution in [3.8, 4) is 0 Å². The number of carbonyl (C=O) groups is 2. The van der Waals surface area contributed by atoms with E-state index in [1.807, 2.05) is 6.92 Å². The van der Waals surface area contributed by atoms with Crippen molar-refractivity contribution in [3.05, 3.63) is 34.9 Å². The minimum atomic E-state index is -0.980. The van der Waals surface area contributed by atoms with Crippen LogP contribution in [0.1, 0.15) is 30.1 Å². The SMILES string of the molecule is CCC(CO)N(CCC(=O)O)C(=O)c1ccc(Cl)cc1. The predicted molar refractivity (Wildman–Crippen MR) is 75.9 cm³/mol. The molecule has 1 aromatic carbocycles. The average Bonchev–Trinajstić information content (AvgIpc) is 2.43. The second kappa shape index (κ2) is 7.87. The van der Waals surface area contributed by atoms with E-state index in [0.29, 0.717) is 17.0 Å². The molecule has 20 heavy (non-hydrogen) atoms. The lowest BCUT2D eigenvalue weighted by molar-refractivity contribution is -0.137. The first-order valence-electron chi connectivity index (χ1n) is 6.38. The zero-order chi connectivity index (χ0) is 15.1. The quantitative estimate of drug-likeness (QED) is 0.807. The summed E-state index contributed by atoms with van der Waals surface area (Å²) in [4.78, 5) is 24.5. The van der Waals surface area contributed by atoms with Crippen molar-refractivity contribution in [1.82, 2.24) is 4.90 Å². The summed E-state index contributed by atoms with van der Waals surface area (Å²) in [5.74, 6) is -1.28. The standard InChI is InChI=1S/C14H18ClNO4/c1-2-12(9-17)16(8-7-13(18)19)14(20)10-3-5-11(15)6-4-10/h3-6,12,17H,2,7-9H2,1H3,(H,18,19). The number of rotatable bonds is 7. The molecule has 1 unspecified atom stereocenters. The van der Waals surface area contributed by atoms with Crippen molar-refractivity contribution in [2.24, 2.45) is 0 Å². The second-order valence-electron chi connectivity index (χ2n) is 4.39. The van der Waals surface area contributed by atoms with E-state index in [1.54, 1.807) is 24.3 Å². The summed E-state index contributed by atoms with van der Waals surface area (Å²) in [5, 5.41) is 18.6. The van der Waals surface area contributed by atoms with E-state index in [1.165, 1.54) is 4.90 Å². The molecule has 0 spiro atoms. The summed E-state index contributed by atoms with van der Waals surface area (Å²) < 4.78 is 0. The molecule has 110 valence electrons. The maximum absolute atomic E-state index is 12.4. The lowest BCUT2D eigenvalue weighted by Gasteiger charge is -2.29. The van der Waals surface area contributed by atoms with Gasteiger partial charge in [-0.1, -0.05) is 18.5 Å². The Morgan fingerprint density at radius 2 is 1.90 bits per heavy atom. The first kappa shape index (κ1) is 16.5. The summed E-state index contributed by atoms with van der Waals surface area (Å²) >= 11 is 5.77. The zero-order valence-corrected chi connectivity index (χ0v) is 12.0. The van der Waals surface area contributed by atoms with E-state index in [9.17, 15) is 14.7 Å². The fraction of sp³-hybridized carbons (Fsp3) is 0.429. The Labute approximate surface area is 122 Å². The summed E-state index contributed by atoms with van der Waals surface area (Å²) in [5.41, 5.74) is 0.423. The van der Waals surface area contributed by atoms with E-state index in [0.717, 1.165) is 0 Å². The van der Waals surface area contributed by atoms with Crippen LogP contribution in [0.4, 0.5) is 0 Å².